The van der Waals surface area contributed by atoms with Gasteiger partial charge in [-0.15, -0.1) is 0 Å². The molecule has 2 aromatic rings. The van der Waals surface area contributed by atoms with Gasteiger partial charge in [0.25, 0.3) is 0 Å². The van der Waals surface area contributed by atoms with Gasteiger partial charge >= 0.3 is 0 Å². The molecular weight excluding hydrogens is 300 g/mol. The Balaban J connectivity index is 2.61. The van der Waals surface area contributed by atoms with Gasteiger partial charge in [-0.1, -0.05) is 29.3 Å². The molecule has 2 aromatic carbocycles. The predicted molar refractivity (Wildman–Crippen MR) is 80.3 cm³/mol. The van der Waals surface area contributed by atoms with Crippen molar-refractivity contribution >= 4 is 23.2 Å². The molecule has 0 aliphatic rings. The van der Waals surface area contributed by atoms with Gasteiger partial charge in [-0.25, -0.2) is 4.39 Å². The number of nitrogens with one attached hydrogen (secondary N) is 1. The molecule has 0 aliphatic carbocycles. The molecule has 0 radical (unpaired) electrons. The minimum Gasteiger partial charge on any atom is -0.496 e. The molecule has 0 aliphatic heterocycles. The van der Waals surface area contributed by atoms with Crippen LogP contribution in [0.4, 0.5) is 4.39 Å². The molecule has 2 rings (SSSR count). The molecule has 0 amide bonds. The second-order valence-corrected chi connectivity index (χ2v) is 5.09. The van der Waals surface area contributed by atoms with E-state index in [-0.39, 0.29) is 5.82 Å². The van der Waals surface area contributed by atoms with Gasteiger partial charge < -0.3 is 10.1 Å². The van der Waals surface area contributed by atoms with E-state index in [0.29, 0.717) is 21.4 Å². The fraction of sp³-hybridized carbons (Fsp3) is 0.200. The fourth-order valence-electron chi connectivity index (χ4n) is 2.17. The quantitative estimate of drug-likeness (QED) is 0.900. The molecule has 0 fully saturated rings. The summed E-state index contributed by atoms with van der Waals surface area (Å²) in [5, 5.41) is 3.96. The summed E-state index contributed by atoms with van der Waals surface area (Å²) in [6, 6.07) is 9.37. The van der Waals surface area contributed by atoms with E-state index in [2.05, 4.69) is 5.32 Å². The van der Waals surface area contributed by atoms with Gasteiger partial charge in [0.05, 0.1) is 13.2 Å². The van der Waals surface area contributed by atoms with Crippen LogP contribution in [0.1, 0.15) is 17.2 Å². The van der Waals surface area contributed by atoms with Crippen molar-refractivity contribution in [1.29, 1.82) is 0 Å². The van der Waals surface area contributed by atoms with E-state index in [1.807, 2.05) is 0 Å². The van der Waals surface area contributed by atoms with Gasteiger partial charge in [-0.2, -0.15) is 0 Å². The maximum Gasteiger partial charge on any atom is 0.129 e. The Morgan fingerprint density at radius 2 is 1.95 bits per heavy atom. The molecular formula is C15H14Cl2FNO. The zero-order valence-corrected chi connectivity index (χ0v) is 12.6. The van der Waals surface area contributed by atoms with Crippen LogP contribution < -0.4 is 10.1 Å². The highest BCUT2D eigenvalue weighted by Gasteiger charge is 2.22. The molecule has 0 spiro atoms. The molecule has 0 heterocycles. The highest BCUT2D eigenvalue weighted by Crippen LogP contribution is 2.36. The highest BCUT2D eigenvalue weighted by atomic mass is 35.5. The Morgan fingerprint density at radius 3 is 2.55 bits per heavy atom. The third-order valence-corrected chi connectivity index (χ3v) is 3.64. The van der Waals surface area contributed by atoms with E-state index < -0.39 is 6.04 Å². The van der Waals surface area contributed by atoms with E-state index in [0.717, 1.165) is 5.56 Å². The molecule has 106 valence electrons. The number of hydrogen-bond donors (Lipinski definition) is 1. The number of hydrogen-bond acceptors (Lipinski definition) is 2. The van der Waals surface area contributed by atoms with Gasteiger partial charge in [-0.3, -0.25) is 0 Å². The summed E-state index contributed by atoms with van der Waals surface area (Å²) < 4.78 is 19.4. The molecule has 1 N–H and O–H groups in total. The van der Waals surface area contributed by atoms with Crippen molar-refractivity contribution in [2.75, 3.05) is 14.2 Å². The molecule has 0 saturated carbocycles. The summed E-state index contributed by atoms with van der Waals surface area (Å²) in [5.74, 6) is 0.243. The first-order valence-electron chi connectivity index (χ1n) is 6.03. The standard InChI is InChI=1S/C15H14Cl2FNO/c1-19-15(14-11(17)4-3-5-12(14)18)10-8-9(16)6-7-13(10)20-2/h3-8,15,19H,1-2H3. The van der Waals surface area contributed by atoms with E-state index in [9.17, 15) is 4.39 Å². The maximum absolute atomic E-state index is 14.1. The Kier molecular flexibility index (Phi) is 4.86. The Bertz CT molecular complexity index is 599. The Labute approximate surface area is 127 Å². The van der Waals surface area contributed by atoms with Crippen LogP contribution >= 0.6 is 23.2 Å². The monoisotopic (exact) mass is 313 g/mol. The normalized spacial score (nSPS) is 12.2. The molecule has 0 aromatic heterocycles. The zero-order valence-electron chi connectivity index (χ0n) is 11.1. The summed E-state index contributed by atoms with van der Waals surface area (Å²) in [4.78, 5) is 0. The lowest BCUT2D eigenvalue weighted by Gasteiger charge is -2.21. The fourth-order valence-corrected chi connectivity index (χ4v) is 2.63. The van der Waals surface area contributed by atoms with Crippen molar-refractivity contribution in [3.63, 3.8) is 0 Å². The van der Waals surface area contributed by atoms with E-state index in [4.69, 9.17) is 27.9 Å². The zero-order chi connectivity index (χ0) is 14.7. The van der Waals surface area contributed by atoms with Crippen LogP contribution in [0.5, 0.6) is 5.75 Å². The molecule has 1 atom stereocenters. The number of benzene rings is 2. The van der Waals surface area contributed by atoms with Crippen LogP contribution in [0.25, 0.3) is 0 Å². The summed E-state index contributed by atoms with van der Waals surface area (Å²) >= 11 is 12.2. The van der Waals surface area contributed by atoms with E-state index in [1.54, 1.807) is 44.5 Å². The first-order valence-corrected chi connectivity index (χ1v) is 6.78. The SMILES string of the molecule is CNC(c1cc(Cl)ccc1OC)c1c(F)cccc1Cl. The predicted octanol–water partition coefficient (Wildman–Crippen LogP) is 4.45. The highest BCUT2D eigenvalue weighted by molar-refractivity contribution is 6.31. The van der Waals surface area contributed by atoms with Crippen molar-refractivity contribution in [3.05, 3.63) is 63.4 Å². The van der Waals surface area contributed by atoms with Crippen molar-refractivity contribution < 1.29 is 9.13 Å². The Hall–Kier alpha value is -1.29. The first-order chi connectivity index (χ1) is 9.58. The largest absolute Gasteiger partial charge is 0.496 e. The molecule has 1 unspecified atom stereocenters. The van der Waals surface area contributed by atoms with Gasteiger partial charge in [0.15, 0.2) is 0 Å². The lowest BCUT2D eigenvalue weighted by atomic mass is 9.97. The van der Waals surface area contributed by atoms with Crippen LogP contribution in [0.15, 0.2) is 36.4 Å². The first kappa shape index (κ1) is 15.1. The van der Waals surface area contributed by atoms with Gasteiger partial charge in [0.2, 0.25) is 0 Å². The summed E-state index contributed by atoms with van der Waals surface area (Å²) in [6.45, 7) is 0. The second kappa shape index (κ2) is 6.44. The van der Waals surface area contributed by atoms with E-state index in [1.165, 1.54) is 6.07 Å². The van der Waals surface area contributed by atoms with E-state index >= 15 is 0 Å². The van der Waals surface area contributed by atoms with Gasteiger partial charge in [-0.05, 0) is 37.4 Å². The third-order valence-electron chi connectivity index (χ3n) is 3.08. The number of methoxy groups -OCH3 is 1. The average molecular weight is 314 g/mol. The van der Waals surface area contributed by atoms with Crippen molar-refractivity contribution in [2.24, 2.45) is 0 Å². The van der Waals surface area contributed by atoms with Crippen molar-refractivity contribution in [3.8, 4) is 5.75 Å². The van der Waals surface area contributed by atoms with Crippen LogP contribution in [-0.4, -0.2) is 14.2 Å². The van der Waals surface area contributed by atoms with Crippen LogP contribution in [0, 0.1) is 5.82 Å². The molecule has 2 nitrogen and oxygen atoms in total. The third kappa shape index (κ3) is 2.90. The molecule has 5 heteroatoms. The molecule has 0 bridgehead atoms. The minimum absolute atomic E-state index is 0.353. The van der Waals surface area contributed by atoms with Gasteiger partial charge in [0.1, 0.15) is 11.6 Å². The summed E-state index contributed by atoms with van der Waals surface area (Å²) in [7, 11) is 3.29. The number of rotatable bonds is 4. The number of ether oxygens (including phenoxy) is 1. The smallest absolute Gasteiger partial charge is 0.129 e. The summed E-state index contributed by atoms with van der Waals surface area (Å²) in [5.41, 5.74) is 1.10. The minimum atomic E-state index is -0.447. The number of halogens is 3. The van der Waals surface area contributed by atoms with Gasteiger partial charge in [0, 0.05) is 21.2 Å². The molecule has 20 heavy (non-hydrogen) atoms. The average Bonchev–Trinajstić information content (AvgIpc) is 2.43. The summed E-state index contributed by atoms with van der Waals surface area (Å²) in [6.07, 6.45) is 0. The topological polar surface area (TPSA) is 21.3 Å². The van der Waals surface area contributed by atoms with Crippen molar-refractivity contribution in [2.45, 2.75) is 6.04 Å². The van der Waals surface area contributed by atoms with Crippen molar-refractivity contribution in [1.82, 2.24) is 5.32 Å². The lowest BCUT2D eigenvalue weighted by molar-refractivity contribution is 0.404. The molecule has 0 saturated heterocycles. The van der Waals surface area contributed by atoms with Crippen LogP contribution in [0.2, 0.25) is 10.0 Å². The van der Waals surface area contributed by atoms with Crippen LogP contribution in [-0.2, 0) is 0 Å². The van der Waals surface area contributed by atoms with Crippen LogP contribution in [0.3, 0.4) is 0 Å². The Morgan fingerprint density at radius 1 is 1.20 bits per heavy atom. The lowest BCUT2D eigenvalue weighted by Crippen LogP contribution is -2.20. The maximum atomic E-state index is 14.1. The second-order valence-electron chi connectivity index (χ2n) is 4.24.